The highest BCUT2D eigenvalue weighted by molar-refractivity contribution is 5.94. The highest BCUT2D eigenvalue weighted by Gasteiger charge is 2.51. The van der Waals surface area contributed by atoms with Crippen LogP contribution in [0.25, 0.3) is 11.0 Å². The smallest absolute Gasteiger partial charge is 0.321 e. The first-order chi connectivity index (χ1) is 12.6. The average molecular weight is 353 g/mol. The molecular weight excluding hydrogens is 330 g/mol. The predicted octanol–water partition coefficient (Wildman–Crippen LogP) is 2.23. The fourth-order valence-electron chi connectivity index (χ4n) is 5.87. The van der Waals surface area contributed by atoms with Crippen LogP contribution in [0.2, 0.25) is 0 Å². The molecule has 4 aliphatic rings. The van der Waals surface area contributed by atoms with Crippen LogP contribution in [0.4, 0.5) is 4.79 Å². The molecule has 7 nitrogen and oxygen atoms in total. The van der Waals surface area contributed by atoms with E-state index in [2.05, 4.69) is 20.9 Å². The largest absolute Gasteiger partial charge is 0.332 e. The zero-order valence-electron chi connectivity index (χ0n) is 14.6. The molecule has 0 unspecified atom stereocenters. The molecule has 4 aliphatic carbocycles. The maximum absolute atomic E-state index is 12.4. The fraction of sp³-hybridized carbons (Fsp3) is 0.579. The second-order valence-corrected chi connectivity index (χ2v) is 8.44. The highest BCUT2D eigenvalue weighted by atomic mass is 16.2. The van der Waals surface area contributed by atoms with Crippen molar-refractivity contribution in [2.24, 2.45) is 17.8 Å². The Bertz CT molecular complexity index is 838. The number of nitrogens with zero attached hydrogens (tertiary/aromatic N) is 3. The van der Waals surface area contributed by atoms with Crippen LogP contribution >= 0.6 is 0 Å². The molecule has 1 aromatic carbocycles. The van der Waals surface area contributed by atoms with Crippen molar-refractivity contribution in [3.63, 3.8) is 0 Å². The second kappa shape index (κ2) is 5.79. The zero-order valence-corrected chi connectivity index (χ0v) is 14.6. The van der Waals surface area contributed by atoms with Crippen LogP contribution in [0.15, 0.2) is 24.3 Å². The van der Waals surface area contributed by atoms with E-state index in [9.17, 15) is 9.59 Å². The maximum atomic E-state index is 12.4. The van der Waals surface area contributed by atoms with Gasteiger partial charge in [-0.2, -0.15) is 0 Å². The van der Waals surface area contributed by atoms with E-state index in [0.717, 1.165) is 48.0 Å². The summed E-state index contributed by atoms with van der Waals surface area (Å²) in [5, 5.41) is 13.7. The third-order valence-electron chi connectivity index (χ3n) is 6.38. The van der Waals surface area contributed by atoms with Gasteiger partial charge in [0.1, 0.15) is 12.1 Å². The molecule has 0 saturated heterocycles. The maximum Gasteiger partial charge on any atom is 0.321 e. The van der Waals surface area contributed by atoms with E-state index in [1.165, 1.54) is 23.9 Å². The van der Waals surface area contributed by atoms with Gasteiger partial charge >= 0.3 is 6.03 Å². The summed E-state index contributed by atoms with van der Waals surface area (Å²) in [5.41, 5.74) is 1.42. The van der Waals surface area contributed by atoms with E-state index in [1.807, 2.05) is 24.3 Å². The van der Waals surface area contributed by atoms with Gasteiger partial charge < -0.3 is 5.32 Å². The van der Waals surface area contributed by atoms with Gasteiger partial charge in [0.05, 0.1) is 5.52 Å². The van der Waals surface area contributed by atoms with E-state index in [-0.39, 0.29) is 24.0 Å². The first-order valence-corrected chi connectivity index (χ1v) is 9.49. The number of carbonyl (C=O) groups excluding carboxylic acids is 2. The lowest BCUT2D eigenvalue weighted by molar-refractivity contribution is -0.120. The average Bonchev–Trinajstić information content (AvgIpc) is 2.96. The zero-order chi connectivity index (χ0) is 17.7. The van der Waals surface area contributed by atoms with Crippen molar-refractivity contribution >= 4 is 23.0 Å². The molecule has 1 heterocycles. The highest BCUT2D eigenvalue weighted by Crippen LogP contribution is 2.55. The lowest BCUT2D eigenvalue weighted by atomic mass is 9.53. The summed E-state index contributed by atoms with van der Waals surface area (Å²) in [5.74, 6) is 1.87. The van der Waals surface area contributed by atoms with E-state index in [4.69, 9.17) is 0 Å². The fourth-order valence-corrected chi connectivity index (χ4v) is 5.87. The Morgan fingerprint density at radius 2 is 1.73 bits per heavy atom. The molecule has 136 valence electrons. The summed E-state index contributed by atoms with van der Waals surface area (Å²) < 4.78 is 1.52. The number of rotatable bonds is 3. The van der Waals surface area contributed by atoms with Gasteiger partial charge in [0.25, 0.3) is 0 Å². The lowest BCUT2D eigenvalue weighted by Crippen LogP contribution is -2.62. The van der Waals surface area contributed by atoms with Crippen LogP contribution in [0, 0.1) is 17.8 Å². The molecule has 4 bridgehead atoms. The van der Waals surface area contributed by atoms with Gasteiger partial charge in [-0.25, -0.2) is 9.48 Å². The van der Waals surface area contributed by atoms with Gasteiger partial charge in [-0.1, -0.05) is 17.3 Å². The Kier molecular flexibility index (Phi) is 3.52. The normalized spacial score (nSPS) is 31.9. The van der Waals surface area contributed by atoms with Crippen molar-refractivity contribution in [1.82, 2.24) is 25.6 Å². The summed E-state index contributed by atoms with van der Waals surface area (Å²) in [6, 6.07) is 7.08. The number of urea groups is 1. The van der Waals surface area contributed by atoms with Crippen LogP contribution in [0.3, 0.4) is 0 Å². The summed E-state index contributed by atoms with van der Waals surface area (Å²) in [4.78, 5) is 24.7. The first kappa shape index (κ1) is 15.8. The standard InChI is InChI=1S/C19H23N5O2/c25-17(11-24-16-4-2-1-3-15(16)22-23-24)20-18(26)21-19-8-12-5-13(9-19)7-14(6-12)10-19/h1-4,12-14H,5-11H2,(H2,20,21,25,26). The molecule has 2 N–H and O–H groups in total. The van der Waals surface area contributed by atoms with Crippen molar-refractivity contribution < 1.29 is 9.59 Å². The molecule has 0 aliphatic heterocycles. The number of benzene rings is 1. The van der Waals surface area contributed by atoms with Crippen molar-refractivity contribution in [1.29, 1.82) is 0 Å². The van der Waals surface area contributed by atoms with Crippen molar-refractivity contribution in [2.75, 3.05) is 0 Å². The molecular formula is C19H23N5O2. The van der Waals surface area contributed by atoms with Crippen LogP contribution in [-0.2, 0) is 11.3 Å². The number of carbonyl (C=O) groups is 2. The van der Waals surface area contributed by atoms with Gasteiger partial charge in [-0.15, -0.1) is 5.10 Å². The molecule has 26 heavy (non-hydrogen) atoms. The molecule has 7 heteroatoms. The van der Waals surface area contributed by atoms with Crippen LogP contribution in [-0.4, -0.2) is 32.5 Å². The lowest BCUT2D eigenvalue weighted by Gasteiger charge is -2.56. The molecule has 6 rings (SSSR count). The first-order valence-electron chi connectivity index (χ1n) is 9.49. The van der Waals surface area contributed by atoms with Crippen LogP contribution in [0.5, 0.6) is 0 Å². The summed E-state index contributed by atoms with van der Waals surface area (Å²) in [7, 11) is 0. The number of amides is 3. The third kappa shape index (κ3) is 2.75. The van der Waals surface area contributed by atoms with Gasteiger partial charge in [-0.05, 0) is 68.4 Å². The summed E-state index contributed by atoms with van der Waals surface area (Å²) in [6.07, 6.45) is 7.15. The number of hydrogen-bond donors (Lipinski definition) is 2. The van der Waals surface area contributed by atoms with E-state index >= 15 is 0 Å². The number of aromatic nitrogens is 3. The molecule has 0 atom stereocenters. The predicted molar refractivity (Wildman–Crippen MR) is 95.1 cm³/mol. The van der Waals surface area contributed by atoms with Crippen molar-refractivity contribution in [2.45, 2.75) is 50.6 Å². The minimum Gasteiger partial charge on any atom is -0.332 e. The number of hydrogen-bond acceptors (Lipinski definition) is 4. The number of fused-ring (bicyclic) bond motifs is 1. The van der Waals surface area contributed by atoms with E-state index in [0.29, 0.717) is 0 Å². The van der Waals surface area contributed by atoms with E-state index in [1.54, 1.807) is 0 Å². The number of nitrogens with one attached hydrogen (secondary N) is 2. The monoisotopic (exact) mass is 353 g/mol. The molecule has 4 fully saturated rings. The minimum absolute atomic E-state index is 0.0190. The number of imide groups is 1. The van der Waals surface area contributed by atoms with Crippen LogP contribution in [0.1, 0.15) is 38.5 Å². The Hall–Kier alpha value is -2.44. The molecule has 3 amide bonds. The second-order valence-electron chi connectivity index (χ2n) is 8.44. The Morgan fingerprint density at radius 3 is 2.42 bits per heavy atom. The summed E-state index contributed by atoms with van der Waals surface area (Å²) in [6.45, 7) is -0.0190. The molecule has 0 radical (unpaired) electrons. The molecule has 0 spiro atoms. The minimum atomic E-state index is -0.374. The SMILES string of the molecule is O=C(Cn1nnc2ccccc21)NC(=O)NC12CC3CC(CC(C3)C1)C2. The molecule has 1 aromatic heterocycles. The molecule has 4 saturated carbocycles. The third-order valence-corrected chi connectivity index (χ3v) is 6.38. The Morgan fingerprint density at radius 1 is 1.08 bits per heavy atom. The van der Waals surface area contributed by atoms with E-state index < -0.39 is 0 Å². The Balaban J connectivity index is 1.22. The van der Waals surface area contributed by atoms with Gasteiger partial charge in [0, 0.05) is 5.54 Å². The topological polar surface area (TPSA) is 88.9 Å². The van der Waals surface area contributed by atoms with Gasteiger partial charge in [-0.3, -0.25) is 10.1 Å². The molecule has 2 aromatic rings. The van der Waals surface area contributed by atoms with Crippen molar-refractivity contribution in [3.05, 3.63) is 24.3 Å². The van der Waals surface area contributed by atoms with Gasteiger partial charge in [0.2, 0.25) is 5.91 Å². The van der Waals surface area contributed by atoms with Gasteiger partial charge in [0.15, 0.2) is 0 Å². The quantitative estimate of drug-likeness (QED) is 0.885. The summed E-state index contributed by atoms with van der Waals surface area (Å²) >= 11 is 0. The number of para-hydroxylation sites is 1. The Labute approximate surface area is 151 Å². The van der Waals surface area contributed by atoms with Crippen molar-refractivity contribution in [3.8, 4) is 0 Å². The van der Waals surface area contributed by atoms with Crippen LogP contribution < -0.4 is 10.6 Å².